The molecule has 0 bridgehead atoms. The molecule has 26 heavy (non-hydrogen) atoms. The van der Waals surface area contributed by atoms with E-state index < -0.39 is 16.1 Å². The average molecular weight is 398 g/mol. The summed E-state index contributed by atoms with van der Waals surface area (Å²) in [7, 11) is -3.52. The first kappa shape index (κ1) is 22.1. The normalized spacial score (nSPS) is 12.1. The van der Waals surface area contributed by atoms with Gasteiger partial charge in [0.25, 0.3) is 0 Å². The van der Waals surface area contributed by atoms with Gasteiger partial charge in [0.15, 0.2) is 0 Å². The van der Waals surface area contributed by atoms with E-state index in [0.717, 1.165) is 5.56 Å². The van der Waals surface area contributed by atoms with E-state index in [1.54, 1.807) is 12.1 Å². The minimum absolute atomic E-state index is 0. The largest absolute Gasteiger partial charge is 0.324 e. The second-order valence-corrected chi connectivity index (χ2v) is 7.57. The predicted octanol–water partition coefficient (Wildman–Crippen LogP) is 2.74. The molecule has 0 fully saturated rings. The van der Waals surface area contributed by atoms with Gasteiger partial charge in [-0.1, -0.05) is 36.8 Å². The molecule has 0 aliphatic rings. The lowest BCUT2D eigenvalue weighted by Gasteiger charge is -2.13. The minimum atomic E-state index is -3.52. The zero-order valence-electron chi connectivity index (χ0n) is 14.7. The number of hydrogen-bond acceptors (Lipinski definition) is 4. The fourth-order valence-corrected chi connectivity index (χ4v) is 3.32. The molecule has 2 rings (SSSR count). The standard InChI is InChI=1S/C18H23N3O3S.ClH/c1-3-12-20-25(23,24)16-10-8-15(9-11-16)21-18(22)17(19)14-6-4-13(2)5-7-14;/h4-11,17,20H,3,12,19H2,1-2H3,(H,21,22);1H. The summed E-state index contributed by atoms with van der Waals surface area (Å²) in [6.07, 6.45) is 0.713. The predicted molar refractivity (Wildman–Crippen MR) is 106 cm³/mol. The molecule has 1 amide bonds. The smallest absolute Gasteiger partial charge is 0.245 e. The van der Waals surface area contributed by atoms with Crippen molar-refractivity contribution in [1.82, 2.24) is 4.72 Å². The summed E-state index contributed by atoms with van der Waals surface area (Å²) in [5.74, 6) is -0.358. The molecule has 0 heterocycles. The Labute approximate surface area is 160 Å². The van der Waals surface area contributed by atoms with E-state index in [4.69, 9.17) is 5.73 Å². The third-order valence-corrected chi connectivity index (χ3v) is 5.17. The molecule has 2 aromatic carbocycles. The van der Waals surface area contributed by atoms with Crippen LogP contribution >= 0.6 is 12.4 Å². The summed E-state index contributed by atoms with van der Waals surface area (Å²) in [5, 5.41) is 2.70. The molecule has 142 valence electrons. The third kappa shape index (κ3) is 5.81. The van der Waals surface area contributed by atoms with Gasteiger partial charge in [0, 0.05) is 12.2 Å². The molecular weight excluding hydrogens is 374 g/mol. The molecule has 2 aromatic rings. The Morgan fingerprint density at radius 1 is 1.08 bits per heavy atom. The number of rotatable bonds is 7. The molecule has 1 atom stereocenters. The molecule has 0 radical (unpaired) electrons. The number of nitrogens with two attached hydrogens (primary N) is 1. The van der Waals surface area contributed by atoms with E-state index in [0.29, 0.717) is 24.2 Å². The van der Waals surface area contributed by atoms with Crippen LogP contribution in [0.25, 0.3) is 0 Å². The second-order valence-electron chi connectivity index (χ2n) is 5.80. The van der Waals surface area contributed by atoms with Gasteiger partial charge in [-0.15, -0.1) is 12.4 Å². The SMILES string of the molecule is CCCNS(=O)(=O)c1ccc(NC(=O)C(N)c2ccc(C)cc2)cc1.Cl. The van der Waals surface area contributed by atoms with Crippen LogP contribution in [0.3, 0.4) is 0 Å². The highest BCUT2D eigenvalue weighted by Crippen LogP contribution is 2.17. The van der Waals surface area contributed by atoms with Gasteiger partial charge in [0.1, 0.15) is 6.04 Å². The van der Waals surface area contributed by atoms with Gasteiger partial charge in [0.05, 0.1) is 4.90 Å². The van der Waals surface area contributed by atoms with Crippen LogP contribution in [0.1, 0.15) is 30.5 Å². The second kappa shape index (κ2) is 9.68. The highest BCUT2D eigenvalue weighted by Gasteiger charge is 2.17. The molecule has 0 aromatic heterocycles. The summed E-state index contributed by atoms with van der Waals surface area (Å²) in [4.78, 5) is 12.4. The van der Waals surface area contributed by atoms with Gasteiger partial charge in [-0.3, -0.25) is 4.79 Å². The Morgan fingerprint density at radius 2 is 1.65 bits per heavy atom. The van der Waals surface area contributed by atoms with Gasteiger partial charge in [0.2, 0.25) is 15.9 Å². The van der Waals surface area contributed by atoms with Crippen molar-refractivity contribution in [3.8, 4) is 0 Å². The number of anilines is 1. The fraction of sp³-hybridized carbons (Fsp3) is 0.278. The minimum Gasteiger partial charge on any atom is -0.324 e. The Hall–Kier alpha value is -1.93. The van der Waals surface area contributed by atoms with Crippen molar-refractivity contribution in [1.29, 1.82) is 0 Å². The number of aryl methyl sites for hydroxylation is 1. The highest BCUT2D eigenvalue weighted by atomic mass is 35.5. The summed E-state index contributed by atoms with van der Waals surface area (Å²) >= 11 is 0. The number of halogens is 1. The summed E-state index contributed by atoms with van der Waals surface area (Å²) in [6.45, 7) is 4.23. The van der Waals surface area contributed by atoms with Gasteiger partial charge >= 0.3 is 0 Å². The maximum absolute atomic E-state index is 12.3. The molecule has 0 saturated carbocycles. The maximum atomic E-state index is 12.3. The van der Waals surface area contributed by atoms with Gasteiger partial charge in [-0.05, 0) is 43.2 Å². The van der Waals surface area contributed by atoms with E-state index in [9.17, 15) is 13.2 Å². The maximum Gasteiger partial charge on any atom is 0.245 e. The van der Waals surface area contributed by atoms with Crippen LogP contribution in [0, 0.1) is 6.92 Å². The number of hydrogen-bond donors (Lipinski definition) is 3. The van der Waals surface area contributed by atoms with Crippen LogP contribution in [-0.4, -0.2) is 20.9 Å². The first-order valence-electron chi connectivity index (χ1n) is 8.06. The Morgan fingerprint density at radius 3 is 2.19 bits per heavy atom. The van der Waals surface area contributed by atoms with Crippen LogP contribution < -0.4 is 15.8 Å². The number of amides is 1. The number of sulfonamides is 1. The topological polar surface area (TPSA) is 101 Å². The average Bonchev–Trinajstić information content (AvgIpc) is 2.60. The number of nitrogens with one attached hydrogen (secondary N) is 2. The van der Waals surface area contributed by atoms with E-state index in [-0.39, 0.29) is 23.2 Å². The van der Waals surface area contributed by atoms with E-state index in [1.807, 2.05) is 38.1 Å². The van der Waals surface area contributed by atoms with Gasteiger partial charge in [-0.2, -0.15) is 0 Å². The Bertz CT molecular complexity index is 822. The van der Waals surface area contributed by atoms with Crippen LogP contribution in [0.5, 0.6) is 0 Å². The number of carbonyl (C=O) groups is 1. The van der Waals surface area contributed by atoms with E-state index in [2.05, 4.69) is 10.0 Å². The van der Waals surface area contributed by atoms with Crippen molar-refractivity contribution in [3.05, 3.63) is 59.7 Å². The summed E-state index contributed by atoms with van der Waals surface area (Å²) < 4.78 is 26.5. The van der Waals surface area contributed by atoms with Crippen LogP contribution in [-0.2, 0) is 14.8 Å². The van der Waals surface area contributed by atoms with Crippen molar-refractivity contribution < 1.29 is 13.2 Å². The molecule has 8 heteroatoms. The lowest BCUT2D eigenvalue weighted by molar-refractivity contribution is -0.117. The van der Waals surface area contributed by atoms with Crippen LogP contribution in [0.4, 0.5) is 5.69 Å². The van der Waals surface area contributed by atoms with Crippen LogP contribution in [0.15, 0.2) is 53.4 Å². The lowest BCUT2D eigenvalue weighted by atomic mass is 10.1. The third-order valence-electron chi connectivity index (χ3n) is 3.69. The van der Waals surface area contributed by atoms with E-state index in [1.165, 1.54) is 12.1 Å². The molecule has 0 saturated heterocycles. The fourth-order valence-electron chi connectivity index (χ4n) is 2.18. The van der Waals surface area contributed by atoms with Crippen molar-refractivity contribution in [2.75, 3.05) is 11.9 Å². The molecule has 0 aliphatic heterocycles. The highest BCUT2D eigenvalue weighted by molar-refractivity contribution is 7.89. The van der Waals surface area contributed by atoms with Crippen molar-refractivity contribution >= 4 is 34.0 Å². The van der Waals surface area contributed by atoms with Crippen molar-refractivity contribution in [2.24, 2.45) is 5.73 Å². The molecule has 0 aliphatic carbocycles. The van der Waals surface area contributed by atoms with Crippen molar-refractivity contribution in [3.63, 3.8) is 0 Å². The molecular formula is C18H24ClN3O3S. The summed E-state index contributed by atoms with van der Waals surface area (Å²) in [6, 6.07) is 12.6. The lowest BCUT2D eigenvalue weighted by Crippen LogP contribution is -2.27. The Kier molecular flexibility index (Phi) is 8.23. The number of benzene rings is 2. The molecule has 1 unspecified atom stereocenters. The van der Waals surface area contributed by atoms with E-state index >= 15 is 0 Å². The Balaban J connectivity index is 0.00000338. The molecule has 4 N–H and O–H groups in total. The first-order chi connectivity index (χ1) is 11.8. The van der Waals surface area contributed by atoms with Gasteiger partial charge in [-0.25, -0.2) is 13.1 Å². The van der Waals surface area contributed by atoms with Gasteiger partial charge < -0.3 is 11.1 Å². The zero-order chi connectivity index (χ0) is 18.4. The first-order valence-corrected chi connectivity index (χ1v) is 9.54. The zero-order valence-corrected chi connectivity index (χ0v) is 16.4. The van der Waals surface area contributed by atoms with Crippen molar-refractivity contribution in [2.45, 2.75) is 31.2 Å². The summed E-state index contributed by atoms with van der Waals surface area (Å²) in [5.41, 5.74) is 8.26. The number of carbonyl (C=O) groups excluding carboxylic acids is 1. The monoisotopic (exact) mass is 397 g/mol. The molecule has 0 spiro atoms. The quantitative estimate of drug-likeness (QED) is 0.668. The molecule has 6 nitrogen and oxygen atoms in total. The van der Waals surface area contributed by atoms with Crippen LogP contribution in [0.2, 0.25) is 0 Å².